The van der Waals surface area contributed by atoms with Gasteiger partial charge in [-0.3, -0.25) is 9.97 Å². The van der Waals surface area contributed by atoms with E-state index in [0.717, 1.165) is 0 Å². The van der Waals surface area contributed by atoms with Crippen LogP contribution >= 0.6 is 0 Å². The summed E-state index contributed by atoms with van der Waals surface area (Å²) in [5.41, 5.74) is 6.24. The van der Waals surface area contributed by atoms with E-state index in [9.17, 15) is 8.42 Å². The van der Waals surface area contributed by atoms with Gasteiger partial charge in [0.1, 0.15) is 22.5 Å². The van der Waals surface area contributed by atoms with Crippen LogP contribution in [0.1, 0.15) is 11.8 Å². The molecule has 1 saturated heterocycles. The highest BCUT2D eigenvalue weighted by molar-refractivity contribution is 7.89. The summed E-state index contributed by atoms with van der Waals surface area (Å²) in [4.78, 5) is 12.1. The molecule has 0 unspecified atom stereocenters. The van der Waals surface area contributed by atoms with Gasteiger partial charge in [0, 0.05) is 37.9 Å². The molecule has 1 aliphatic heterocycles. The van der Waals surface area contributed by atoms with Crippen molar-refractivity contribution < 1.29 is 13.2 Å². The number of anilines is 1. The first-order valence-electron chi connectivity index (χ1n) is 6.67. The number of sulfonamides is 1. The predicted octanol–water partition coefficient (Wildman–Crippen LogP) is 0.216. The Hall–Kier alpha value is -2.10. The van der Waals surface area contributed by atoms with E-state index in [-0.39, 0.29) is 30.4 Å². The minimum Gasteiger partial charge on any atom is -0.382 e. The molecule has 0 spiro atoms. The monoisotopic (exact) mass is 321 g/mol. The van der Waals surface area contributed by atoms with Gasteiger partial charge < -0.3 is 10.5 Å². The van der Waals surface area contributed by atoms with Gasteiger partial charge in [-0.1, -0.05) is 0 Å². The number of morpholine rings is 1. The first-order chi connectivity index (χ1) is 10.6. The number of rotatable bonds is 3. The van der Waals surface area contributed by atoms with Crippen LogP contribution in [0, 0.1) is 0 Å². The van der Waals surface area contributed by atoms with Gasteiger partial charge in [-0.15, -0.1) is 0 Å². The van der Waals surface area contributed by atoms with Crippen molar-refractivity contribution in [3.8, 4) is 0 Å². The molecule has 1 atom stereocenters. The Morgan fingerprint density at radius 2 is 2.09 bits per heavy atom. The number of ether oxygens (including phenoxy) is 1. The zero-order chi connectivity index (χ0) is 15.6. The number of nitrogens with two attached hydrogens (primary N) is 1. The molecule has 3 heterocycles. The van der Waals surface area contributed by atoms with E-state index >= 15 is 0 Å². The summed E-state index contributed by atoms with van der Waals surface area (Å²) in [6.07, 6.45) is 5.31. The summed E-state index contributed by atoms with van der Waals surface area (Å²) in [6.45, 7) is 0.675. The van der Waals surface area contributed by atoms with Gasteiger partial charge in [0.15, 0.2) is 0 Å². The molecule has 0 bridgehead atoms. The molecule has 2 N–H and O–H groups in total. The van der Waals surface area contributed by atoms with E-state index < -0.39 is 16.1 Å². The molecular formula is C13H15N5O3S. The molecule has 116 valence electrons. The average Bonchev–Trinajstić information content (AvgIpc) is 2.56. The maximum atomic E-state index is 12.6. The van der Waals surface area contributed by atoms with E-state index in [1.54, 1.807) is 6.07 Å². The molecule has 0 aromatic carbocycles. The third-order valence-electron chi connectivity index (χ3n) is 3.36. The minimum absolute atomic E-state index is 0.139. The van der Waals surface area contributed by atoms with E-state index in [1.807, 2.05) is 0 Å². The maximum Gasteiger partial charge on any atom is 0.244 e. The second kappa shape index (κ2) is 5.95. The lowest BCUT2D eigenvalue weighted by atomic mass is 10.2. The second-order valence-corrected chi connectivity index (χ2v) is 6.68. The standard InChI is InChI=1S/C13H15N5O3S/c14-13-12(16-4-5-17-13)11-9-18(6-7-21-11)22(19,20)10-2-1-3-15-8-10/h1-5,8,11H,6-7,9H2,(H2,14,17)/t11-/m1/s1. The zero-order valence-electron chi connectivity index (χ0n) is 11.7. The van der Waals surface area contributed by atoms with E-state index in [2.05, 4.69) is 15.0 Å². The molecular weight excluding hydrogens is 306 g/mol. The van der Waals surface area contributed by atoms with E-state index in [0.29, 0.717) is 5.69 Å². The van der Waals surface area contributed by atoms with Crippen molar-refractivity contribution in [3.05, 3.63) is 42.6 Å². The largest absolute Gasteiger partial charge is 0.382 e. The minimum atomic E-state index is -3.61. The van der Waals surface area contributed by atoms with Crippen LogP contribution in [0.5, 0.6) is 0 Å². The fourth-order valence-electron chi connectivity index (χ4n) is 2.27. The lowest BCUT2D eigenvalue weighted by molar-refractivity contribution is -0.00466. The van der Waals surface area contributed by atoms with Crippen LogP contribution in [0.4, 0.5) is 5.82 Å². The van der Waals surface area contributed by atoms with Gasteiger partial charge in [-0.25, -0.2) is 13.4 Å². The summed E-state index contributed by atoms with van der Waals surface area (Å²) in [6, 6.07) is 3.11. The first kappa shape index (κ1) is 14.8. The van der Waals surface area contributed by atoms with Crippen molar-refractivity contribution in [3.63, 3.8) is 0 Å². The third kappa shape index (κ3) is 2.78. The Kier molecular flexibility index (Phi) is 4.01. The Labute approximate surface area is 128 Å². The van der Waals surface area contributed by atoms with Crippen molar-refractivity contribution in [1.29, 1.82) is 0 Å². The first-order valence-corrected chi connectivity index (χ1v) is 8.11. The smallest absolute Gasteiger partial charge is 0.244 e. The van der Waals surface area contributed by atoms with Crippen molar-refractivity contribution in [2.45, 2.75) is 11.0 Å². The highest BCUT2D eigenvalue weighted by Gasteiger charge is 2.33. The normalized spacial score (nSPS) is 19.9. The molecule has 9 heteroatoms. The third-order valence-corrected chi connectivity index (χ3v) is 5.21. The van der Waals surface area contributed by atoms with Crippen molar-refractivity contribution in [1.82, 2.24) is 19.3 Å². The van der Waals surface area contributed by atoms with Crippen LogP contribution < -0.4 is 5.73 Å². The summed E-state index contributed by atoms with van der Waals surface area (Å²) < 4.78 is 32.2. The Balaban J connectivity index is 1.86. The fraction of sp³-hybridized carbons (Fsp3) is 0.308. The van der Waals surface area contributed by atoms with E-state index in [4.69, 9.17) is 10.5 Å². The van der Waals surface area contributed by atoms with Crippen LogP contribution in [0.3, 0.4) is 0 Å². The van der Waals surface area contributed by atoms with Gasteiger partial charge in [-0.2, -0.15) is 4.31 Å². The summed E-state index contributed by atoms with van der Waals surface area (Å²) in [5.74, 6) is 0.244. The van der Waals surface area contributed by atoms with Gasteiger partial charge in [0.2, 0.25) is 10.0 Å². The molecule has 0 saturated carbocycles. The zero-order valence-corrected chi connectivity index (χ0v) is 12.5. The Morgan fingerprint density at radius 3 is 2.82 bits per heavy atom. The molecule has 1 fully saturated rings. The molecule has 1 aliphatic rings. The van der Waals surface area contributed by atoms with E-state index in [1.165, 1.54) is 35.2 Å². The Bertz CT molecular complexity index is 753. The molecule has 0 amide bonds. The van der Waals surface area contributed by atoms with Crippen LogP contribution in [0.2, 0.25) is 0 Å². The van der Waals surface area contributed by atoms with Crippen molar-refractivity contribution in [2.24, 2.45) is 0 Å². The maximum absolute atomic E-state index is 12.6. The van der Waals surface area contributed by atoms with Gasteiger partial charge >= 0.3 is 0 Å². The van der Waals surface area contributed by atoms with Crippen molar-refractivity contribution >= 4 is 15.8 Å². The van der Waals surface area contributed by atoms with Crippen LogP contribution in [-0.2, 0) is 14.8 Å². The molecule has 2 aromatic rings. The summed E-state index contributed by atoms with van der Waals surface area (Å²) in [7, 11) is -3.61. The highest BCUT2D eigenvalue weighted by Crippen LogP contribution is 2.27. The number of pyridine rings is 1. The number of hydrogen-bond donors (Lipinski definition) is 1. The Morgan fingerprint density at radius 1 is 1.27 bits per heavy atom. The van der Waals surface area contributed by atoms with Crippen molar-refractivity contribution in [2.75, 3.05) is 25.4 Å². The second-order valence-electron chi connectivity index (χ2n) is 4.74. The number of nitrogens with zero attached hydrogens (tertiary/aromatic N) is 4. The SMILES string of the molecule is Nc1nccnc1[C@H]1CN(S(=O)(=O)c2cccnc2)CCO1. The van der Waals surface area contributed by atoms with Gasteiger partial charge in [0.05, 0.1) is 6.61 Å². The lowest BCUT2D eigenvalue weighted by Gasteiger charge is -2.31. The number of nitrogen functional groups attached to an aromatic ring is 1. The quantitative estimate of drug-likeness (QED) is 0.860. The van der Waals surface area contributed by atoms with Crippen LogP contribution in [0.25, 0.3) is 0 Å². The fourth-order valence-corrected chi connectivity index (χ4v) is 3.66. The molecule has 0 radical (unpaired) electrons. The molecule has 2 aromatic heterocycles. The molecule has 22 heavy (non-hydrogen) atoms. The average molecular weight is 321 g/mol. The number of hydrogen-bond acceptors (Lipinski definition) is 7. The van der Waals surface area contributed by atoms with Gasteiger partial charge in [0.25, 0.3) is 0 Å². The molecule has 8 nitrogen and oxygen atoms in total. The summed E-state index contributed by atoms with van der Waals surface area (Å²) in [5, 5.41) is 0. The molecule has 3 rings (SSSR count). The predicted molar refractivity (Wildman–Crippen MR) is 78.1 cm³/mol. The van der Waals surface area contributed by atoms with Crippen LogP contribution in [0.15, 0.2) is 41.8 Å². The van der Waals surface area contributed by atoms with Gasteiger partial charge in [-0.05, 0) is 12.1 Å². The molecule has 0 aliphatic carbocycles. The number of aromatic nitrogens is 3. The lowest BCUT2D eigenvalue weighted by Crippen LogP contribution is -2.42. The van der Waals surface area contributed by atoms with Crippen LogP contribution in [-0.4, -0.2) is 47.4 Å². The summed E-state index contributed by atoms with van der Waals surface area (Å²) >= 11 is 0. The highest BCUT2D eigenvalue weighted by atomic mass is 32.2. The topological polar surface area (TPSA) is 111 Å².